The fraction of sp³-hybridized carbons (Fsp3) is 0. The van der Waals surface area contributed by atoms with Gasteiger partial charge in [0.2, 0.25) is 0 Å². The Bertz CT molecular complexity index is 1180. The molecule has 7 nitrogen and oxygen atoms in total. The lowest BCUT2D eigenvalue weighted by Gasteiger charge is -2.03. The number of fused-ring (bicyclic) bond motifs is 1. The second-order valence-electron chi connectivity index (χ2n) is 5.47. The summed E-state index contributed by atoms with van der Waals surface area (Å²) >= 11 is 3.33. The van der Waals surface area contributed by atoms with Crippen LogP contribution in [-0.4, -0.2) is 30.8 Å². The Morgan fingerprint density at radius 3 is 2.77 bits per heavy atom. The van der Waals surface area contributed by atoms with Crippen molar-refractivity contribution in [1.82, 2.24) is 19.4 Å². The maximum Gasteiger partial charge on any atom is 0.285 e. The van der Waals surface area contributed by atoms with Crippen LogP contribution < -0.4 is 5.56 Å². The first-order valence-electron chi connectivity index (χ1n) is 7.67. The second-order valence-corrected chi connectivity index (χ2v) is 6.39. The molecule has 128 valence electrons. The molecular formula is C18H12BrN5O2. The number of para-hydroxylation sites is 1. The highest BCUT2D eigenvalue weighted by atomic mass is 79.9. The van der Waals surface area contributed by atoms with Gasteiger partial charge >= 0.3 is 0 Å². The average molecular weight is 410 g/mol. The minimum atomic E-state index is -0.345. The molecule has 0 saturated carbocycles. The summed E-state index contributed by atoms with van der Waals surface area (Å²) in [7, 11) is 0. The van der Waals surface area contributed by atoms with E-state index in [0.29, 0.717) is 16.6 Å². The molecule has 2 heterocycles. The molecule has 0 fully saturated rings. The third-order valence-electron chi connectivity index (χ3n) is 3.78. The van der Waals surface area contributed by atoms with Gasteiger partial charge in [-0.25, -0.2) is 9.67 Å². The van der Waals surface area contributed by atoms with Crippen molar-refractivity contribution in [3.63, 3.8) is 0 Å². The van der Waals surface area contributed by atoms with Crippen LogP contribution in [0.15, 0.2) is 75.4 Å². The molecule has 0 aliphatic heterocycles. The van der Waals surface area contributed by atoms with E-state index in [9.17, 15) is 9.90 Å². The molecule has 0 unspecified atom stereocenters. The highest BCUT2D eigenvalue weighted by Gasteiger charge is 2.11. The molecular weight excluding hydrogens is 398 g/mol. The third kappa shape index (κ3) is 2.91. The van der Waals surface area contributed by atoms with E-state index in [-0.39, 0.29) is 11.3 Å². The van der Waals surface area contributed by atoms with Crippen LogP contribution in [0, 0.1) is 0 Å². The van der Waals surface area contributed by atoms with Crippen molar-refractivity contribution in [2.45, 2.75) is 0 Å². The van der Waals surface area contributed by atoms with Gasteiger partial charge in [0.1, 0.15) is 17.5 Å². The Hall–Kier alpha value is -3.26. The van der Waals surface area contributed by atoms with Crippen LogP contribution in [0.4, 0.5) is 0 Å². The van der Waals surface area contributed by atoms with Crippen molar-refractivity contribution < 1.29 is 5.11 Å². The molecule has 0 spiro atoms. The highest BCUT2D eigenvalue weighted by molar-refractivity contribution is 9.10. The summed E-state index contributed by atoms with van der Waals surface area (Å²) in [5.74, 6) is 0.0657. The lowest BCUT2D eigenvalue weighted by Crippen LogP contribution is -2.17. The van der Waals surface area contributed by atoms with Crippen LogP contribution in [0.2, 0.25) is 0 Å². The Morgan fingerprint density at radius 2 is 1.96 bits per heavy atom. The third-order valence-corrected chi connectivity index (χ3v) is 4.28. The van der Waals surface area contributed by atoms with E-state index >= 15 is 0 Å². The molecule has 2 aromatic heterocycles. The van der Waals surface area contributed by atoms with Crippen molar-refractivity contribution in [2.75, 3.05) is 0 Å². The van der Waals surface area contributed by atoms with Crippen molar-refractivity contribution in [2.24, 2.45) is 5.10 Å². The van der Waals surface area contributed by atoms with Crippen molar-refractivity contribution in [1.29, 1.82) is 0 Å². The standard InChI is InChI=1S/C18H12BrN5O2/c19-13-6-7-16(25)12(8-13)9-21-23-11-20-17-15(18(23)26)10-22-24(17)14-4-2-1-3-5-14/h1-11,25H/b21-9+. The molecule has 0 bridgehead atoms. The summed E-state index contributed by atoms with van der Waals surface area (Å²) in [6, 6.07) is 14.4. The fourth-order valence-electron chi connectivity index (χ4n) is 2.50. The van der Waals surface area contributed by atoms with E-state index < -0.39 is 0 Å². The van der Waals surface area contributed by atoms with Gasteiger partial charge in [-0.05, 0) is 30.3 Å². The van der Waals surface area contributed by atoms with Crippen molar-refractivity contribution in [3.8, 4) is 11.4 Å². The zero-order valence-electron chi connectivity index (χ0n) is 13.3. The number of nitrogens with zero attached hydrogens (tertiary/aromatic N) is 5. The zero-order valence-corrected chi connectivity index (χ0v) is 14.9. The van der Waals surface area contributed by atoms with Crippen LogP contribution in [0.1, 0.15) is 5.56 Å². The highest BCUT2D eigenvalue weighted by Crippen LogP contribution is 2.20. The lowest BCUT2D eigenvalue weighted by atomic mass is 10.2. The summed E-state index contributed by atoms with van der Waals surface area (Å²) in [5.41, 5.74) is 1.40. The summed E-state index contributed by atoms with van der Waals surface area (Å²) in [4.78, 5) is 16.9. The molecule has 1 N–H and O–H groups in total. The van der Waals surface area contributed by atoms with Gasteiger partial charge in [0, 0.05) is 10.0 Å². The summed E-state index contributed by atoms with van der Waals surface area (Å²) in [6.45, 7) is 0. The predicted octanol–water partition coefficient (Wildman–Crippen LogP) is 2.93. The number of hydrogen-bond donors (Lipinski definition) is 1. The first-order chi connectivity index (χ1) is 12.6. The maximum absolute atomic E-state index is 12.6. The topological polar surface area (TPSA) is 85.3 Å². The van der Waals surface area contributed by atoms with Gasteiger partial charge in [0.25, 0.3) is 5.56 Å². The van der Waals surface area contributed by atoms with E-state index in [0.717, 1.165) is 14.8 Å². The first-order valence-corrected chi connectivity index (χ1v) is 8.46. The minimum Gasteiger partial charge on any atom is -0.507 e. The largest absolute Gasteiger partial charge is 0.507 e. The average Bonchev–Trinajstić information content (AvgIpc) is 3.09. The summed E-state index contributed by atoms with van der Waals surface area (Å²) in [6.07, 6.45) is 4.20. The first kappa shape index (κ1) is 16.2. The van der Waals surface area contributed by atoms with Crippen LogP contribution in [0.3, 0.4) is 0 Å². The van der Waals surface area contributed by atoms with Gasteiger partial charge in [0.15, 0.2) is 5.65 Å². The number of benzene rings is 2. The SMILES string of the molecule is O=c1c2cnn(-c3ccccc3)c2ncn1/N=C/c1cc(Br)ccc1O. The number of halogens is 1. The number of aromatic nitrogens is 4. The molecule has 26 heavy (non-hydrogen) atoms. The van der Waals surface area contributed by atoms with Crippen LogP contribution in [0.25, 0.3) is 16.7 Å². The minimum absolute atomic E-state index is 0.0657. The van der Waals surface area contributed by atoms with Gasteiger partial charge < -0.3 is 5.11 Å². The monoisotopic (exact) mass is 409 g/mol. The number of aromatic hydroxyl groups is 1. The van der Waals surface area contributed by atoms with Crippen molar-refractivity contribution >= 4 is 33.2 Å². The Labute approximate surface area is 156 Å². The van der Waals surface area contributed by atoms with Crippen molar-refractivity contribution in [3.05, 3.63) is 81.4 Å². The predicted molar refractivity (Wildman–Crippen MR) is 102 cm³/mol. The molecule has 8 heteroatoms. The molecule has 4 rings (SSSR count). The van der Waals surface area contributed by atoms with E-state index in [1.807, 2.05) is 30.3 Å². The van der Waals surface area contributed by atoms with Gasteiger partial charge in [-0.15, -0.1) is 0 Å². The molecule has 2 aromatic carbocycles. The molecule has 0 aliphatic rings. The second kappa shape index (κ2) is 6.57. The van der Waals surface area contributed by atoms with E-state index in [1.54, 1.807) is 22.9 Å². The molecule has 4 aromatic rings. The number of phenolic OH excluding ortho intramolecular Hbond substituents is 1. The number of hydrogen-bond acceptors (Lipinski definition) is 5. The number of phenols is 1. The van der Waals surface area contributed by atoms with E-state index in [4.69, 9.17) is 0 Å². The maximum atomic E-state index is 12.6. The van der Waals surface area contributed by atoms with E-state index in [2.05, 4.69) is 31.1 Å². The Kier molecular flexibility index (Phi) is 4.10. The van der Waals surface area contributed by atoms with Crippen LogP contribution in [0.5, 0.6) is 5.75 Å². The molecule has 0 radical (unpaired) electrons. The van der Waals surface area contributed by atoms with Gasteiger partial charge in [-0.3, -0.25) is 4.79 Å². The molecule has 0 atom stereocenters. The number of rotatable bonds is 3. The molecule has 0 aliphatic carbocycles. The van der Waals surface area contributed by atoms with E-state index in [1.165, 1.54) is 18.7 Å². The summed E-state index contributed by atoms with van der Waals surface area (Å²) < 4.78 is 3.51. The van der Waals surface area contributed by atoms with Gasteiger partial charge in [-0.1, -0.05) is 34.1 Å². The zero-order chi connectivity index (χ0) is 18.1. The fourth-order valence-corrected chi connectivity index (χ4v) is 2.87. The van der Waals surface area contributed by atoms with Gasteiger partial charge in [0.05, 0.1) is 18.1 Å². The normalized spacial score (nSPS) is 11.4. The summed E-state index contributed by atoms with van der Waals surface area (Å²) in [5, 5.41) is 18.6. The Morgan fingerprint density at radius 1 is 1.15 bits per heavy atom. The lowest BCUT2D eigenvalue weighted by molar-refractivity contribution is 0.474. The van der Waals surface area contributed by atoms with Crippen LogP contribution in [-0.2, 0) is 0 Å². The quantitative estimate of drug-likeness (QED) is 0.527. The Balaban J connectivity index is 1.76. The van der Waals surface area contributed by atoms with Crippen LogP contribution >= 0.6 is 15.9 Å². The smallest absolute Gasteiger partial charge is 0.285 e. The molecule has 0 saturated heterocycles. The molecule has 0 amide bonds. The van der Waals surface area contributed by atoms with Gasteiger partial charge in [-0.2, -0.15) is 14.9 Å².